The number of carbonyl (C=O) groups excluding carboxylic acids is 3. The lowest BCUT2D eigenvalue weighted by molar-refractivity contribution is -0.121. The van der Waals surface area contributed by atoms with Gasteiger partial charge in [-0.1, -0.05) is 36.5 Å². The number of piperidine rings is 2. The van der Waals surface area contributed by atoms with Gasteiger partial charge in [0.05, 0.1) is 5.69 Å². The van der Waals surface area contributed by atoms with E-state index in [4.69, 9.17) is 4.98 Å². The van der Waals surface area contributed by atoms with Crippen LogP contribution in [0.4, 0.5) is 15.6 Å². The molecule has 2 aromatic rings. The minimum Gasteiger partial charge on any atom is -0.353 e. The Morgan fingerprint density at radius 1 is 1.08 bits per heavy atom. The number of aromatic nitrogens is 1. The van der Waals surface area contributed by atoms with Crippen molar-refractivity contribution in [3.63, 3.8) is 0 Å². The highest BCUT2D eigenvalue weighted by Crippen LogP contribution is 2.31. The maximum Gasteiger partial charge on any atom is 0.322 e. The normalized spacial score (nSPS) is 19.3. The van der Waals surface area contributed by atoms with Gasteiger partial charge in [-0.2, -0.15) is 0 Å². The van der Waals surface area contributed by atoms with Crippen molar-refractivity contribution in [3.8, 4) is 0 Å². The second-order valence-corrected chi connectivity index (χ2v) is 11.1. The van der Waals surface area contributed by atoms with Crippen LogP contribution in [0.5, 0.6) is 0 Å². The Labute approximate surface area is 222 Å². The van der Waals surface area contributed by atoms with Crippen LogP contribution in [0.25, 0.3) is 0 Å². The van der Waals surface area contributed by atoms with Gasteiger partial charge in [-0.3, -0.25) is 9.59 Å². The van der Waals surface area contributed by atoms with Gasteiger partial charge in [-0.15, -0.1) is 0 Å². The number of nitrogens with one attached hydrogen (secondary N) is 2. The fourth-order valence-corrected chi connectivity index (χ4v) is 6.61. The molecular weight excluding hydrogens is 488 g/mol. The topological polar surface area (TPSA) is 97.9 Å². The molecule has 2 N–H and O–H groups in total. The summed E-state index contributed by atoms with van der Waals surface area (Å²) in [4.78, 5) is 49.5. The number of hydrogen-bond donors (Lipinski definition) is 2. The molecule has 37 heavy (non-hydrogen) atoms. The SMILES string of the molecule is CCC(=O)NC1CCN(C(=O)c2sc(N3CCC(N4CCc5ccccc5NC4=O)CC3)nc2C)CC1. The van der Waals surface area contributed by atoms with E-state index in [1.54, 1.807) is 0 Å². The number of para-hydroxylation sites is 1. The monoisotopic (exact) mass is 524 g/mol. The number of urea groups is 1. The first-order valence-corrected chi connectivity index (χ1v) is 14.2. The molecule has 0 bridgehead atoms. The third kappa shape index (κ3) is 5.58. The first-order chi connectivity index (χ1) is 17.9. The van der Waals surface area contributed by atoms with E-state index in [-0.39, 0.29) is 29.9 Å². The number of hydrogen-bond acceptors (Lipinski definition) is 6. The fraction of sp³-hybridized carbons (Fsp3) is 0.556. The molecular formula is C27H36N6O3S. The quantitative estimate of drug-likeness (QED) is 0.622. The Morgan fingerprint density at radius 2 is 1.81 bits per heavy atom. The Morgan fingerprint density at radius 3 is 2.54 bits per heavy atom. The molecule has 0 atom stereocenters. The van der Waals surface area contributed by atoms with E-state index in [1.165, 1.54) is 16.9 Å². The standard InChI is InChI=1S/C27H36N6O3S/c1-3-23(34)29-20-9-13-31(14-10-20)25(35)24-18(2)28-27(37-24)32-15-11-21(12-16-32)33-17-8-19-6-4-5-7-22(19)30-26(33)36/h4-7,20-21H,3,8-17H2,1-2H3,(H,29,34)(H,30,36). The van der Waals surface area contributed by atoms with Crippen LogP contribution in [-0.2, 0) is 11.2 Å². The first kappa shape index (κ1) is 25.5. The van der Waals surface area contributed by atoms with Crippen LogP contribution in [0.3, 0.4) is 0 Å². The maximum atomic E-state index is 13.3. The average Bonchev–Trinajstić information content (AvgIpc) is 3.22. The van der Waals surface area contributed by atoms with E-state index in [0.717, 1.165) is 68.3 Å². The van der Waals surface area contributed by atoms with Crippen molar-refractivity contribution >= 4 is 40.0 Å². The van der Waals surface area contributed by atoms with E-state index in [9.17, 15) is 14.4 Å². The molecule has 4 heterocycles. The summed E-state index contributed by atoms with van der Waals surface area (Å²) in [6.45, 7) is 7.40. The molecule has 0 saturated carbocycles. The second kappa shape index (κ2) is 11.1. The van der Waals surface area contributed by atoms with Gasteiger partial charge in [0, 0.05) is 56.9 Å². The zero-order chi connectivity index (χ0) is 25.9. The molecule has 5 rings (SSSR count). The lowest BCUT2D eigenvalue weighted by Gasteiger charge is -2.37. The Kier molecular flexibility index (Phi) is 7.64. The highest BCUT2D eigenvalue weighted by Gasteiger charge is 2.32. The minimum atomic E-state index is -0.0144. The van der Waals surface area contributed by atoms with Gasteiger partial charge < -0.3 is 25.3 Å². The third-order valence-electron chi connectivity index (χ3n) is 7.77. The zero-order valence-corrected chi connectivity index (χ0v) is 22.5. The number of benzene rings is 1. The van der Waals surface area contributed by atoms with Crippen molar-refractivity contribution in [2.45, 2.75) is 64.5 Å². The molecule has 0 aliphatic carbocycles. The summed E-state index contributed by atoms with van der Waals surface area (Å²) < 4.78 is 0. The Bertz CT molecular complexity index is 1150. The Balaban J connectivity index is 1.16. The van der Waals surface area contributed by atoms with Gasteiger partial charge in [0.25, 0.3) is 5.91 Å². The summed E-state index contributed by atoms with van der Waals surface area (Å²) >= 11 is 1.48. The fourth-order valence-electron chi connectivity index (χ4n) is 5.52. The smallest absolute Gasteiger partial charge is 0.322 e. The summed E-state index contributed by atoms with van der Waals surface area (Å²) in [6.07, 6.45) is 4.66. The largest absolute Gasteiger partial charge is 0.353 e. The molecule has 198 valence electrons. The number of rotatable bonds is 5. The maximum absolute atomic E-state index is 13.3. The molecule has 0 radical (unpaired) electrons. The second-order valence-electron chi connectivity index (χ2n) is 10.1. The molecule has 2 fully saturated rings. The number of aryl methyl sites for hydroxylation is 1. The van der Waals surface area contributed by atoms with Gasteiger partial charge in [-0.25, -0.2) is 9.78 Å². The number of thiazole rings is 1. The molecule has 3 aliphatic heterocycles. The minimum absolute atomic E-state index is 0.0144. The van der Waals surface area contributed by atoms with Gasteiger partial charge in [-0.05, 0) is 50.7 Å². The molecule has 10 heteroatoms. The zero-order valence-electron chi connectivity index (χ0n) is 21.7. The van der Waals surface area contributed by atoms with E-state index in [0.29, 0.717) is 24.4 Å². The van der Waals surface area contributed by atoms with Gasteiger partial charge >= 0.3 is 6.03 Å². The van der Waals surface area contributed by atoms with Crippen LogP contribution in [0.15, 0.2) is 24.3 Å². The summed E-state index contributed by atoms with van der Waals surface area (Å²) in [5.74, 6) is 0.107. The number of likely N-dealkylation sites (tertiary alicyclic amines) is 1. The van der Waals surface area contributed by atoms with Gasteiger partial charge in [0.15, 0.2) is 5.13 Å². The average molecular weight is 525 g/mol. The van der Waals surface area contributed by atoms with Gasteiger partial charge in [0.2, 0.25) is 5.91 Å². The van der Waals surface area contributed by atoms with Crippen LogP contribution in [0.1, 0.15) is 60.0 Å². The number of amides is 4. The van der Waals surface area contributed by atoms with E-state index >= 15 is 0 Å². The third-order valence-corrected chi connectivity index (χ3v) is 8.97. The number of carbonyl (C=O) groups is 3. The molecule has 1 aromatic carbocycles. The highest BCUT2D eigenvalue weighted by atomic mass is 32.1. The lowest BCUT2D eigenvalue weighted by atomic mass is 10.0. The van der Waals surface area contributed by atoms with Crippen molar-refractivity contribution < 1.29 is 14.4 Å². The van der Waals surface area contributed by atoms with E-state index < -0.39 is 0 Å². The van der Waals surface area contributed by atoms with Crippen LogP contribution in [0, 0.1) is 6.92 Å². The molecule has 0 spiro atoms. The Hall–Kier alpha value is -3.14. The van der Waals surface area contributed by atoms with Gasteiger partial charge in [0.1, 0.15) is 4.88 Å². The van der Waals surface area contributed by atoms with Crippen LogP contribution in [-0.4, -0.2) is 77.4 Å². The first-order valence-electron chi connectivity index (χ1n) is 13.4. The van der Waals surface area contributed by atoms with Crippen LogP contribution >= 0.6 is 11.3 Å². The highest BCUT2D eigenvalue weighted by molar-refractivity contribution is 7.17. The summed E-state index contributed by atoms with van der Waals surface area (Å²) in [5, 5.41) is 7.01. The summed E-state index contributed by atoms with van der Waals surface area (Å²) in [7, 11) is 0. The molecule has 1 aromatic heterocycles. The lowest BCUT2D eigenvalue weighted by Crippen LogP contribution is -2.48. The van der Waals surface area contributed by atoms with Crippen molar-refractivity contribution in [3.05, 3.63) is 40.4 Å². The van der Waals surface area contributed by atoms with Crippen LogP contribution < -0.4 is 15.5 Å². The number of anilines is 2. The van der Waals surface area contributed by atoms with E-state index in [1.807, 2.05) is 41.8 Å². The molecule has 3 aliphatic rings. The predicted octanol–water partition coefficient (Wildman–Crippen LogP) is 3.64. The molecule has 4 amide bonds. The van der Waals surface area contributed by atoms with Crippen molar-refractivity contribution in [2.24, 2.45) is 0 Å². The summed E-state index contributed by atoms with van der Waals surface area (Å²) in [5.41, 5.74) is 2.87. The molecule has 2 saturated heterocycles. The van der Waals surface area contributed by atoms with E-state index in [2.05, 4.69) is 21.6 Å². The molecule has 9 nitrogen and oxygen atoms in total. The van der Waals surface area contributed by atoms with Crippen molar-refractivity contribution in [2.75, 3.05) is 42.9 Å². The molecule has 0 unspecified atom stereocenters. The van der Waals surface area contributed by atoms with Crippen LogP contribution in [0.2, 0.25) is 0 Å². The number of fused-ring (bicyclic) bond motifs is 1. The number of nitrogens with zero attached hydrogens (tertiary/aromatic N) is 4. The summed E-state index contributed by atoms with van der Waals surface area (Å²) in [6, 6.07) is 8.35. The predicted molar refractivity (Wildman–Crippen MR) is 145 cm³/mol. The van der Waals surface area contributed by atoms with Crippen molar-refractivity contribution in [1.29, 1.82) is 0 Å². The van der Waals surface area contributed by atoms with Crippen molar-refractivity contribution in [1.82, 2.24) is 20.1 Å².